The quantitative estimate of drug-likeness (QED) is 0.856. The molecule has 0 aromatic carbocycles. The first kappa shape index (κ1) is 16.3. The van der Waals surface area contributed by atoms with E-state index in [9.17, 15) is 9.59 Å². The molecule has 2 amide bonds. The predicted octanol–water partition coefficient (Wildman–Crippen LogP) is 1.38. The zero-order valence-corrected chi connectivity index (χ0v) is 13.3. The van der Waals surface area contributed by atoms with Gasteiger partial charge in [0.25, 0.3) is 0 Å². The molecule has 0 bridgehead atoms. The summed E-state index contributed by atoms with van der Waals surface area (Å²) in [6, 6.07) is 0.372. The Morgan fingerprint density at radius 3 is 2.10 bits per heavy atom. The van der Waals surface area contributed by atoms with Gasteiger partial charge >= 0.3 is 0 Å². The van der Waals surface area contributed by atoms with E-state index in [-0.39, 0.29) is 11.8 Å². The van der Waals surface area contributed by atoms with Crippen LogP contribution in [-0.4, -0.2) is 60.4 Å². The van der Waals surface area contributed by atoms with Crippen molar-refractivity contribution in [1.29, 1.82) is 0 Å². The summed E-state index contributed by atoms with van der Waals surface area (Å²) in [6.07, 6.45) is 8.69. The number of carbonyl (C=O) groups excluding carboxylic acids is 2. The molecule has 1 N–H and O–H groups in total. The Bertz CT molecular complexity index is 343. The Morgan fingerprint density at radius 2 is 1.52 bits per heavy atom. The van der Waals surface area contributed by atoms with Crippen LogP contribution in [0.25, 0.3) is 0 Å². The smallest absolute Gasteiger partial charge is 0.234 e. The molecule has 2 rings (SSSR count). The number of rotatable bonds is 3. The van der Waals surface area contributed by atoms with Crippen LogP contribution in [0, 0.1) is 0 Å². The zero-order valence-electron chi connectivity index (χ0n) is 13.3. The number of amides is 2. The van der Waals surface area contributed by atoms with Gasteiger partial charge in [0, 0.05) is 39.1 Å². The van der Waals surface area contributed by atoms with Gasteiger partial charge in [-0.25, -0.2) is 0 Å². The van der Waals surface area contributed by atoms with E-state index in [1.165, 1.54) is 32.1 Å². The Labute approximate surface area is 128 Å². The summed E-state index contributed by atoms with van der Waals surface area (Å²) in [5, 5.41) is 3.21. The van der Waals surface area contributed by atoms with E-state index in [1.54, 1.807) is 6.92 Å². The third-order valence-corrected chi connectivity index (χ3v) is 4.66. The first-order valence-corrected chi connectivity index (χ1v) is 8.42. The summed E-state index contributed by atoms with van der Waals surface area (Å²) >= 11 is 0. The van der Waals surface area contributed by atoms with E-state index >= 15 is 0 Å². The molecule has 0 atom stereocenters. The molecule has 120 valence electrons. The fourth-order valence-corrected chi connectivity index (χ4v) is 3.30. The second-order valence-corrected chi connectivity index (χ2v) is 6.39. The molecule has 5 heteroatoms. The molecule has 0 unspecified atom stereocenters. The van der Waals surface area contributed by atoms with E-state index in [1.807, 2.05) is 4.90 Å². The lowest BCUT2D eigenvalue weighted by atomic mass is 9.97. The van der Waals surface area contributed by atoms with Crippen LogP contribution in [0.3, 0.4) is 0 Å². The molecule has 5 nitrogen and oxygen atoms in total. The molecule has 1 heterocycles. The molecule has 0 aromatic heterocycles. The van der Waals surface area contributed by atoms with Gasteiger partial charge in [0.2, 0.25) is 11.8 Å². The molecular weight excluding hydrogens is 266 g/mol. The van der Waals surface area contributed by atoms with Crippen LogP contribution in [0.2, 0.25) is 0 Å². The number of hydrogen-bond acceptors (Lipinski definition) is 3. The van der Waals surface area contributed by atoms with Gasteiger partial charge in [-0.05, 0) is 12.8 Å². The third-order valence-electron chi connectivity index (χ3n) is 4.66. The van der Waals surface area contributed by atoms with Gasteiger partial charge in [-0.1, -0.05) is 32.1 Å². The minimum atomic E-state index is 0.133. The van der Waals surface area contributed by atoms with Crippen molar-refractivity contribution < 1.29 is 9.59 Å². The molecule has 1 saturated heterocycles. The van der Waals surface area contributed by atoms with Crippen LogP contribution in [0.1, 0.15) is 51.9 Å². The fraction of sp³-hybridized carbons (Fsp3) is 0.875. The number of nitrogens with zero attached hydrogens (tertiary/aromatic N) is 2. The van der Waals surface area contributed by atoms with Crippen molar-refractivity contribution in [3.63, 3.8) is 0 Å². The predicted molar refractivity (Wildman–Crippen MR) is 82.9 cm³/mol. The first-order chi connectivity index (χ1) is 10.1. The fourth-order valence-electron chi connectivity index (χ4n) is 3.30. The Balaban J connectivity index is 1.68. The molecule has 0 radical (unpaired) electrons. The van der Waals surface area contributed by atoms with Gasteiger partial charge in [0.05, 0.1) is 6.54 Å². The van der Waals surface area contributed by atoms with Crippen LogP contribution >= 0.6 is 0 Å². The highest BCUT2D eigenvalue weighted by molar-refractivity contribution is 5.78. The zero-order chi connectivity index (χ0) is 15.1. The van der Waals surface area contributed by atoms with Crippen molar-refractivity contribution in [2.45, 2.75) is 57.9 Å². The lowest BCUT2D eigenvalue weighted by Gasteiger charge is -2.34. The molecular formula is C16H29N3O2. The van der Waals surface area contributed by atoms with Crippen molar-refractivity contribution in [3.05, 3.63) is 0 Å². The summed E-state index contributed by atoms with van der Waals surface area (Å²) in [6.45, 7) is 5.17. The molecule has 2 aliphatic rings. The largest absolute Gasteiger partial charge is 0.352 e. The maximum absolute atomic E-state index is 12.2. The average molecular weight is 295 g/mol. The number of carbonyl (C=O) groups is 2. The van der Waals surface area contributed by atoms with Gasteiger partial charge in [-0.15, -0.1) is 0 Å². The monoisotopic (exact) mass is 295 g/mol. The van der Waals surface area contributed by atoms with Gasteiger partial charge in [-0.2, -0.15) is 0 Å². The summed E-state index contributed by atoms with van der Waals surface area (Å²) < 4.78 is 0. The molecule has 0 aromatic rings. The van der Waals surface area contributed by atoms with E-state index in [0.717, 1.165) is 39.0 Å². The highest BCUT2D eigenvalue weighted by atomic mass is 16.2. The van der Waals surface area contributed by atoms with Crippen LogP contribution in [0.4, 0.5) is 0 Å². The molecule has 2 fully saturated rings. The first-order valence-electron chi connectivity index (χ1n) is 8.42. The van der Waals surface area contributed by atoms with Crippen molar-refractivity contribution in [2.75, 3.05) is 32.7 Å². The SMILES string of the molecule is CC(=O)N1CCN(CC(=O)NC2CCCCCCC2)CC1. The average Bonchev–Trinajstić information content (AvgIpc) is 2.42. The lowest BCUT2D eigenvalue weighted by molar-refractivity contribution is -0.131. The van der Waals surface area contributed by atoms with Gasteiger partial charge in [-0.3, -0.25) is 14.5 Å². The Kier molecular flexibility index (Phi) is 6.49. The minimum absolute atomic E-state index is 0.133. The van der Waals surface area contributed by atoms with E-state index in [4.69, 9.17) is 0 Å². The minimum Gasteiger partial charge on any atom is -0.352 e. The summed E-state index contributed by atoms with van der Waals surface area (Å²) in [5.74, 6) is 0.283. The van der Waals surface area contributed by atoms with Gasteiger partial charge < -0.3 is 10.2 Å². The molecule has 1 aliphatic heterocycles. The maximum Gasteiger partial charge on any atom is 0.234 e. The topological polar surface area (TPSA) is 52.7 Å². The second-order valence-electron chi connectivity index (χ2n) is 6.39. The van der Waals surface area contributed by atoms with E-state index < -0.39 is 0 Å². The second kappa shape index (κ2) is 8.37. The van der Waals surface area contributed by atoms with Crippen molar-refractivity contribution in [1.82, 2.24) is 15.1 Å². The van der Waals surface area contributed by atoms with Crippen LogP contribution < -0.4 is 5.32 Å². The third kappa shape index (κ3) is 5.65. The summed E-state index contributed by atoms with van der Waals surface area (Å²) in [5.41, 5.74) is 0. The van der Waals surface area contributed by atoms with Crippen molar-refractivity contribution in [2.24, 2.45) is 0 Å². The normalized spacial score (nSPS) is 22.4. The highest BCUT2D eigenvalue weighted by Crippen LogP contribution is 2.17. The molecule has 21 heavy (non-hydrogen) atoms. The molecule has 0 spiro atoms. The number of nitrogens with one attached hydrogen (secondary N) is 1. The van der Waals surface area contributed by atoms with Crippen LogP contribution in [-0.2, 0) is 9.59 Å². The summed E-state index contributed by atoms with van der Waals surface area (Å²) in [4.78, 5) is 27.4. The van der Waals surface area contributed by atoms with Gasteiger partial charge in [0.1, 0.15) is 0 Å². The Morgan fingerprint density at radius 1 is 0.952 bits per heavy atom. The lowest BCUT2D eigenvalue weighted by Crippen LogP contribution is -2.51. The number of hydrogen-bond donors (Lipinski definition) is 1. The van der Waals surface area contributed by atoms with E-state index in [0.29, 0.717) is 12.6 Å². The van der Waals surface area contributed by atoms with Crippen LogP contribution in [0.5, 0.6) is 0 Å². The summed E-state index contributed by atoms with van der Waals surface area (Å²) in [7, 11) is 0. The van der Waals surface area contributed by atoms with Crippen LogP contribution in [0.15, 0.2) is 0 Å². The van der Waals surface area contributed by atoms with Gasteiger partial charge in [0.15, 0.2) is 0 Å². The number of piperazine rings is 1. The maximum atomic E-state index is 12.2. The van der Waals surface area contributed by atoms with E-state index in [2.05, 4.69) is 10.2 Å². The highest BCUT2D eigenvalue weighted by Gasteiger charge is 2.21. The molecule has 1 aliphatic carbocycles. The molecule has 1 saturated carbocycles. The standard InChI is InChI=1S/C16H29N3O2/c1-14(20)19-11-9-18(10-12-19)13-16(21)17-15-7-5-3-2-4-6-8-15/h15H,2-13H2,1H3,(H,17,21). The van der Waals surface area contributed by atoms with Crippen molar-refractivity contribution in [3.8, 4) is 0 Å². The Hall–Kier alpha value is -1.10. The van der Waals surface area contributed by atoms with Crippen molar-refractivity contribution >= 4 is 11.8 Å².